The summed E-state index contributed by atoms with van der Waals surface area (Å²) in [7, 11) is 0. The highest BCUT2D eigenvalue weighted by Crippen LogP contribution is 2.28. The van der Waals surface area contributed by atoms with Gasteiger partial charge in [0.25, 0.3) is 0 Å². The van der Waals surface area contributed by atoms with Crippen LogP contribution in [0.1, 0.15) is 5.56 Å². The van der Waals surface area contributed by atoms with Gasteiger partial charge in [-0.25, -0.2) is 9.50 Å². The lowest BCUT2D eigenvalue weighted by Crippen LogP contribution is -2.49. The van der Waals surface area contributed by atoms with E-state index in [4.69, 9.17) is 0 Å². The SMILES string of the molecule is N#Cc1cnn2cccc(-c3ccc(N4CCN(CC(F)(F)F)CC4)nc3)c12. The topological polar surface area (TPSA) is 60.5 Å². The predicted octanol–water partition coefficient (Wildman–Crippen LogP) is 2.95. The van der Waals surface area contributed by atoms with Crippen molar-refractivity contribution in [3.05, 3.63) is 48.4 Å². The van der Waals surface area contributed by atoms with Gasteiger partial charge in [0.2, 0.25) is 0 Å². The van der Waals surface area contributed by atoms with Crippen molar-refractivity contribution in [1.82, 2.24) is 19.5 Å². The standard InChI is InChI=1S/C19H17F3N6/c20-19(21,22)13-26-6-8-27(9-7-26)17-4-3-14(11-24-17)16-2-1-5-28-18(16)15(10-23)12-25-28/h1-5,11-12H,6-9,13H2. The van der Waals surface area contributed by atoms with E-state index in [2.05, 4.69) is 16.2 Å². The first-order valence-corrected chi connectivity index (χ1v) is 8.81. The highest BCUT2D eigenvalue weighted by Gasteiger charge is 2.32. The number of piperazine rings is 1. The van der Waals surface area contributed by atoms with Crippen LogP contribution >= 0.6 is 0 Å². The minimum atomic E-state index is -4.17. The summed E-state index contributed by atoms with van der Waals surface area (Å²) >= 11 is 0. The second-order valence-electron chi connectivity index (χ2n) is 6.67. The third kappa shape index (κ3) is 3.64. The van der Waals surface area contributed by atoms with Gasteiger partial charge in [0.1, 0.15) is 11.9 Å². The Morgan fingerprint density at radius 3 is 2.50 bits per heavy atom. The second-order valence-corrected chi connectivity index (χ2v) is 6.67. The first kappa shape index (κ1) is 18.3. The molecule has 0 aliphatic carbocycles. The highest BCUT2D eigenvalue weighted by molar-refractivity contribution is 5.84. The fraction of sp³-hybridized carbons (Fsp3) is 0.316. The van der Waals surface area contributed by atoms with Gasteiger partial charge in [-0.2, -0.15) is 23.5 Å². The Balaban J connectivity index is 1.52. The fourth-order valence-corrected chi connectivity index (χ4v) is 3.48. The number of aromatic nitrogens is 3. The van der Waals surface area contributed by atoms with Crippen molar-refractivity contribution in [1.29, 1.82) is 5.26 Å². The molecule has 0 amide bonds. The number of hydrogen-bond acceptors (Lipinski definition) is 5. The third-order valence-corrected chi connectivity index (χ3v) is 4.82. The molecule has 4 heterocycles. The van der Waals surface area contributed by atoms with Gasteiger partial charge in [-0.05, 0) is 18.2 Å². The minimum Gasteiger partial charge on any atom is -0.354 e. The van der Waals surface area contributed by atoms with Gasteiger partial charge in [-0.1, -0.05) is 6.07 Å². The maximum Gasteiger partial charge on any atom is 0.401 e. The number of pyridine rings is 2. The van der Waals surface area contributed by atoms with Gasteiger partial charge < -0.3 is 4.90 Å². The average Bonchev–Trinajstić information content (AvgIpc) is 3.11. The van der Waals surface area contributed by atoms with Crippen molar-refractivity contribution in [3.63, 3.8) is 0 Å². The van der Waals surface area contributed by atoms with Crippen molar-refractivity contribution in [2.75, 3.05) is 37.6 Å². The molecule has 0 atom stereocenters. The molecule has 0 spiro atoms. The molecule has 6 nitrogen and oxygen atoms in total. The zero-order chi connectivity index (χ0) is 19.7. The number of anilines is 1. The Labute approximate surface area is 159 Å². The molecular formula is C19H17F3N6. The van der Waals surface area contributed by atoms with Crippen molar-refractivity contribution in [2.24, 2.45) is 0 Å². The summed E-state index contributed by atoms with van der Waals surface area (Å²) < 4.78 is 39.2. The van der Waals surface area contributed by atoms with E-state index in [-0.39, 0.29) is 0 Å². The van der Waals surface area contributed by atoms with Gasteiger partial charge >= 0.3 is 6.18 Å². The zero-order valence-electron chi connectivity index (χ0n) is 14.9. The molecule has 28 heavy (non-hydrogen) atoms. The van der Waals surface area contributed by atoms with E-state index in [0.29, 0.717) is 31.7 Å². The average molecular weight is 386 g/mol. The molecule has 3 aromatic heterocycles. The zero-order valence-corrected chi connectivity index (χ0v) is 14.9. The molecule has 1 aliphatic heterocycles. The summed E-state index contributed by atoms with van der Waals surface area (Å²) in [6.07, 6.45) is 0.864. The molecule has 9 heteroatoms. The summed E-state index contributed by atoms with van der Waals surface area (Å²) in [5.41, 5.74) is 2.91. The van der Waals surface area contributed by atoms with Crippen LogP contribution in [-0.2, 0) is 0 Å². The van der Waals surface area contributed by atoms with Crippen LogP contribution in [-0.4, -0.2) is 58.4 Å². The summed E-state index contributed by atoms with van der Waals surface area (Å²) in [4.78, 5) is 7.89. The van der Waals surface area contributed by atoms with Crippen LogP contribution in [0.3, 0.4) is 0 Å². The molecule has 0 unspecified atom stereocenters. The van der Waals surface area contributed by atoms with E-state index in [1.165, 1.54) is 11.1 Å². The summed E-state index contributed by atoms with van der Waals surface area (Å²) in [6, 6.07) is 9.68. The molecule has 0 radical (unpaired) electrons. The molecule has 0 N–H and O–H groups in total. The third-order valence-electron chi connectivity index (χ3n) is 4.82. The van der Waals surface area contributed by atoms with Crippen LogP contribution in [0, 0.1) is 11.3 Å². The largest absolute Gasteiger partial charge is 0.401 e. The molecule has 3 aromatic rings. The Morgan fingerprint density at radius 2 is 1.86 bits per heavy atom. The van der Waals surface area contributed by atoms with Crippen molar-refractivity contribution < 1.29 is 13.2 Å². The monoisotopic (exact) mass is 386 g/mol. The van der Waals surface area contributed by atoms with Crippen LogP contribution in [0.2, 0.25) is 0 Å². The van der Waals surface area contributed by atoms with E-state index in [1.54, 1.807) is 16.9 Å². The van der Waals surface area contributed by atoms with Crippen molar-refractivity contribution >= 4 is 11.3 Å². The van der Waals surface area contributed by atoms with Crippen molar-refractivity contribution in [2.45, 2.75) is 6.18 Å². The number of rotatable bonds is 3. The molecule has 0 aromatic carbocycles. The molecule has 1 saturated heterocycles. The lowest BCUT2D eigenvalue weighted by atomic mass is 10.1. The number of fused-ring (bicyclic) bond motifs is 1. The van der Waals surface area contributed by atoms with Gasteiger partial charge in [0.15, 0.2) is 0 Å². The predicted molar refractivity (Wildman–Crippen MR) is 97.8 cm³/mol. The van der Waals surface area contributed by atoms with Crippen LogP contribution in [0.5, 0.6) is 0 Å². The summed E-state index contributed by atoms with van der Waals surface area (Å²) in [6.45, 7) is 0.829. The van der Waals surface area contributed by atoms with Crippen LogP contribution in [0.15, 0.2) is 42.9 Å². The molecule has 0 saturated carbocycles. The van der Waals surface area contributed by atoms with E-state index < -0.39 is 12.7 Å². The Kier molecular flexibility index (Phi) is 4.65. The lowest BCUT2D eigenvalue weighted by molar-refractivity contribution is -0.146. The maximum absolute atomic E-state index is 12.5. The summed E-state index contributed by atoms with van der Waals surface area (Å²) in [5.74, 6) is 0.733. The molecule has 1 fully saturated rings. The number of hydrogen-bond donors (Lipinski definition) is 0. The summed E-state index contributed by atoms with van der Waals surface area (Å²) in [5, 5.41) is 13.5. The number of nitrogens with zero attached hydrogens (tertiary/aromatic N) is 6. The van der Waals surface area contributed by atoms with Crippen LogP contribution in [0.4, 0.5) is 19.0 Å². The minimum absolute atomic E-state index is 0.351. The molecule has 4 rings (SSSR count). The molecule has 1 aliphatic rings. The first-order valence-electron chi connectivity index (χ1n) is 8.81. The van der Waals surface area contributed by atoms with Crippen LogP contribution < -0.4 is 4.90 Å². The van der Waals surface area contributed by atoms with Gasteiger partial charge in [0.05, 0.1) is 23.8 Å². The Morgan fingerprint density at radius 1 is 1.07 bits per heavy atom. The highest BCUT2D eigenvalue weighted by atomic mass is 19.4. The van der Waals surface area contributed by atoms with Gasteiger partial charge in [-0.3, -0.25) is 4.90 Å². The second kappa shape index (κ2) is 7.13. The van der Waals surface area contributed by atoms with E-state index >= 15 is 0 Å². The number of nitriles is 1. The normalized spacial score (nSPS) is 15.7. The van der Waals surface area contributed by atoms with E-state index in [9.17, 15) is 18.4 Å². The quantitative estimate of drug-likeness (QED) is 0.693. The fourth-order valence-electron chi connectivity index (χ4n) is 3.48. The maximum atomic E-state index is 12.5. The molecule has 144 valence electrons. The Bertz CT molecular complexity index is 1010. The Hall–Kier alpha value is -3.12. The van der Waals surface area contributed by atoms with Gasteiger partial charge in [0, 0.05) is 49.7 Å². The number of alkyl halides is 3. The van der Waals surface area contributed by atoms with Gasteiger partial charge in [-0.15, -0.1) is 0 Å². The van der Waals surface area contributed by atoms with Crippen molar-refractivity contribution in [3.8, 4) is 17.2 Å². The lowest BCUT2D eigenvalue weighted by Gasteiger charge is -2.35. The number of halogens is 3. The first-order chi connectivity index (χ1) is 13.4. The molecule has 0 bridgehead atoms. The van der Waals surface area contributed by atoms with E-state index in [1.807, 2.05) is 29.2 Å². The smallest absolute Gasteiger partial charge is 0.354 e. The van der Waals surface area contributed by atoms with E-state index in [0.717, 1.165) is 22.5 Å². The molecular weight excluding hydrogens is 369 g/mol. The van der Waals surface area contributed by atoms with Crippen LogP contribution in [0.25, 0.3) is 16.6 Å².